The van der Waals surface area contributed by atoms with Gasteiger partial charge in [-0.25, -0.2) is 4.98 Å². The summed E-state index contributed by atoms with van der Waals surface area (Å²) in [6.45, 7) is 0. The van der Waals surface area contributed by atoms with Gasteiger partial charge in [-0.15, -0.1) is 0 Å². The maximum absolute atomic E-state index is 13.4. The number of phenolic OH excluding ortho intramolecular Hbond substituents is 1. The number of carbonyl (C=O) groups excluding carboxylic acids is 1. The molecule has 3 aromatic rings. The number of aromatic hydroxyl groups is 1. The highest BCUT2D eigenvalue weighted by Gasteiger charge is 2.38. The van der Waals surface area contributed by atoms with E-state index in [9.17, 15) is 14.7 Å². The summed E-state index contributed by atoms with van der Waals surface area (Å²) in [6, 6.07) is 12.4. The highest BCUT2D eigenvalue weighted by Crippen LogP contribution is 2.45. The maximum Gasteiger partial charge on any atom is 0.257 e. The lowest BCUT2D eigenvalue weighted by Gasteiger charge is -2.33. The van der Waals surface area contributed by atoms with Crippen LogP contribution in [0.2, 0.25) is 5.02 Å². The van der Waals surface area contributed by atoms with E-state index in [-0.39, 0.29) is 22.8 Å². The molecule has 7 nitrogen and oxygen atoms in total. The Morgan fingerprint density at radius 1 is 1.21 bits per heavy atom. The van der Waals surface area contributed by atoms with Crippen LogP contribution in [0, 0.1) is 0 Å². The Hall–Kier alpha value is -3.23. The van der Waals surface area contributed by atoms with Gasteiger partial charge in [0.1, 0.15) is 5.82 Å². The number of hydrogen-bond donors (Lipinski definition) is 3. The average Bonchev–Trinajstić information content (AvgIpc) is 2.83. The Kier molecular flexibility index (Phi) is 6.10. The topological polar surface area (TPSA) is 104 Å². The van der Waals surface area contributed by atoms with Crippen molar-refractivity contribution in [3.8, 4) is 11.5 Å². The highest BCUT2D eigenvalue weighted by molar-refractivity contribution is 7.98. The van der Waals surface area contributed by atoms with Crippen LogP contribution in [-0.4, -0.2) is 28.0 Å². The first-order valence-electron chi connectivity index (χ1n) is 10.9. The van der Waals surface area contributed by atoms with Crippen molar-refractivity contribution < 1.29 is 14.6 Å². The second-order valence-electron chi connectivity index (χ2n) is 8.17. The summed E-state index contributed by atoms with van der Waals surface area (Å²) < 4.78 is 5.28. The number of benzene rings is 2. The van der Waals surface area contributed by atoms with Crippen LogP contribution in [0.15, 0.2) is 63.7 Å². The van der Waals surface area contributed by atoms with Gasteiger partial charge in [0.2, 0.25) is 0 Å². The van der Waals surface area contributed by atoms with Crippen molar-refractivity contribution in [3.05, 3.63) is 85.8 Å². The van der Waals surface area contributed by atoms with Crippen LogP contribution < -0.4 is 15.6 Å². The van der Waals surface area contributed by atoms with Crippen molar-refractivity contribution in [2.75, 3.05) is 12.4 Å². The molecule has 3 N–H and O–H groups in total. The molecule has 0 radical (unpaired) electrons. The minimum absolute atomic E-state index is 0.00742. The van der Waals surface area contributed by atoms with E-state index < -0.39 is 5.92 Å². The quantitative estimate of drug-likeness (QED) is 0.338. The number of fused-ring (bicyclic) bond motifs is 1. The normalized spacial score (nSPS) is 17.1. The molecule has 1 aromatic heterocycles. The molecule has 0 amide bonds. The van der Waals surface area contributed by atoms with E-state index in [2.05, 4.69) is 10.3 Å². The fraction of sp³-hybridized carbons (Fsp3) is 0.240. The number of methoxy groups -OCH3 is 1. The van der Waals surface area contributed by atoms with Crippen molar-refractivity contribution >= 4 is 35.0 Å². The summed E-state index contributed by atoms with van der Waals surface area (Å²) >= 11 is 7.65. The van der Waals surface area contributed by atoms with Gasteiger partial charge in [0, 0.05) is 34.4 Å². The predicted molar refractivity (Wildman–Crippen MR) is 132 cm³/mol. The monoisotopic (exact) mass is 495 g/mol. The van der Waals surface area contributed by atoms with Gasteiger partial charge in [0.15, 0.2) is 22.4 Å². The first-order valence-corrected chi connectivity index (χ1v) is 12.2. The zero-order valence-corrected chi connectivity index (χ0v) is 19.9. The number of nitrogens with one attached hydrogen (secondary N) is 2. The van der Waals surface area contributed by atoms with Gasteiger partial charge in [-0.05, 0) is 42.2 Å². The van der Waals surface area contributed by atoms with Crippen molar-refractivity contribution in [2.45, 2.75) is 36.1 Å². The molecule has 0 bridgehead atoms. The Bertz CT molecular complexity index is 1380. The maximum atomic E-state index is 13.4. The molecule has 0 fully saturated rings. The minimum atomic E-state index is -0.604. The Morgan fingerprint density at radius 2 is 2.03 bits per heavy atom. The summed E-state index contributed by atoms with van der Waals surface area (Å²) in [5, 5.41) is 14.5. The number of anilines is 1. The van der Waals surface area contributed by atoms with Gasteiger partial charge >= 0.3 is 0 Å². The van der Waals surface area contributed by atoms with Crippen molar-refractivity contribution in [1.29, 1.82) is 0 Å². The van der Waals surface area contributed by atoms with Gasteiger partial charge in [-0.1, -0.05) is 47.6 Å². The number of ketones is 1. The largest absolute Gasteiger partial charge is 0.504 e. The van der Waals surface area contributed by atoms with E-state index in [0.29, 0.717) is 51.3 Å². The lowest BCUT2D eigenvalue weighted by molar-refractivity contribution is -0.116. The standard InChI is InChI=1S/C25H22ClN3O4S/c1-33-19-11-13(9-10-17(19)30)20-21-16(7-4-8-18(21)31)27-23-22(20)24(32)29-25(28-23)34-12-14-5-2-3-6-15(14)26/h2-3,5-6,9-11,20,30H,4,7-8,12H2,1H3,(H2,27,28,29,32)/t20-/m1/s1. The highest BCUT2D eigenvalue weighted by atomic mass is 35.5. The fourth-order valence-corrected chi connectivity index (χ4v) is 5.62. The second-order valence-corrected chi connectivity index (χ2v) is 9.54. The first kappa shape index (κ1) is 22.6. The molecule has 1 aliphatic heterocycles. The number of H-pyrrole nitrogens is 1. The molecule has 5 rings (SSSR count). The number of rotatable bonds is 5. The van der Waals surface area contributed by atoms with Crippen molar-refractivity contribution in [2.24, 2.45) is 0 Å². The van der Waals surface area contributed by atoms with Gasteiger partial charge in [-0.3, -0.25) is 9.59 Å². The number of carbonyl (C=O) groups is 1. The third kappa shape index (κ3) is 4.08. The summed E-state index contributed by atoms with van der Waals surface area (Å²) in [7, 11) is 1.46. The zero-order valence-electron chi connectivity index (χ0n) is 18.4. The van der Waals surface area contributed by atoms with Crippen LogP contribution in [0.5, 0.6) is 11.5 Å². The number of aromatic nitrogens is 2. The molecule has 0 saturated heterocycles. The number of hydrogen-bond acceptors (Lipinski definition) is 7. The van der Waals surface area contributed by atoms with E-state index in [4.69, 9.17) is 21.3 Å². The number of allylic oxidation sites excluding steroid dienone is 2. The molecule has 0 spiro atoms. The second kappa shape index (κ2) is 9.19. The first-order chi connectivity index (χ1) is 16.5. The van der Waals surface area contributed by atoms with Gasteiger partial charge in [-0.2, -0.15) is 0 Å². The molecule has 1 atom stereocenters. The average molecular weight is 496 g/mol. The van der Waals surface area contributed by atoms with Gasteiger partial charge in [0.05, 0.1) is 12.7 Å². The minimum Gasteiger partial charge on any atom is -0.504 e. The van der Waals surface area contributed by atoms with Crippen LogP contribution in [-0.2, 0) is 10.5 Å². The number of halogens is 1. The number of thioether (sulfide) groups is 1. The molecular formula is C25H22ClN3O4S. The predicted octanol–water partition coefficient (Wildman–Crippen LogP) is 4.99. The SMILES string of the molecule is COc1cc([C@@H]2C3=C(CCCC3=O)Nc3nc(SCc4ccccc4Cl)[nH]c(=O)c32)ccc1O. The van der Waals surface area contributed by atoms with Crippen LogP contribution >= 0.6 is 23.4 Å². The van der Waals surface area contributed by atoms with Crippen LogP contribution in [0.4, 0.5) is 5.82 Å². The lowest BCUT2D eigenvalue weighted by atomic mass is 9.76. The summed E-state index contributed by atoms with van der Waals surface area (Å²) in [4.78, 5) is 33.9. The van der Waals surface area contributed by atoms with E-state index in [1.165, 1.54) is 24.9 Å². The van der Waals surface area contributed by atoms with Crippen LogP contribution in [0.25, 0.3) is 0 Å². The van der Waals surface area contributed by atoms with Gasteiger partial charge < -0.3 is 20.1 Å². The molecule has 174 valence electrons. The molecular weight excluding hydrogens is 474 g/mol. The smallest absolute Gasteiger partial charge is 0.257 e. The molecule has 2 aromatic carbocycles. The summed E-state index contributed by atoms with van der Waals surface area (Å²) in [5.41, 5.74) is 3.06. The molecule has 2 heterocycles. The third-order valence-electron chi connectivity index (χ3n) is 6.10. The Labute approximate surface area is 205 Å². The molecule has 34 heavy (non-hydrogen) atoms. The van der Waals surface area contributed by atoms with E-state index in [1.54, 1.807) is 12.1 Å². The summed E-state index contributed by atoms with van der Waals surface area (Å²) in [6.07, 6.45) is 1.87. The zero-order chi connectivity index (χ0) is 23.8. The summed E-state index contributed by atoms with van der Waals surface area (Å²) in [5.74, 6) is 0.658. The molecule has 2 aliphatic rings. The molecule has 0 saturated carbocycles. The van der Waals surface area contributed by atoms with Gasteiger partial charge in [0.25, 0.3) is 5.56 Å². The molecule has 0 unspecified atom stereocenters. The van der Waals surface area contributed by atoms with E-state index in [1.807, 2.05) is 24.3 Å². The van der Waals surface area contributed by atoms with E-state index in [0.717, 1.165) is 17.7 Å². The van der Waals surface area contributed by atoms with E-state index >= 15 is 0 Å². The number of ether oxygens (including phenoxy) is 1. The number of Topliss-reactive ketones (excluding diaryl/α,β-unsaturated/α-hetero) is 1. The van der Waals surface area contributed by atoms with Crippen LogP contribution in [0.3, 0.4) is 0 Å². The number of phenols is 1. The fourth-order valence-electron chi connectivity index (χ4n) is 4.48. The molecule has 1 aliphatic carbocycles. The van der Waals surface area contributed by atoms with Crippen molar-refractivity contribution in [1.82, 2.24) is 9.97 Å². The third-order valence-corrected chi connectivity index (χ3v) is 7.39. The van der Waals surface area contributed by atoms with Crippen molar-refractivity contribution in [3.63, 3.8) is 0 Å². The Balaban J connectivity index is 1.59. The molecule has 9 heteroatoms. The number of aromatic amines is 1. The van der Waals surface area contributed by atoms with Crippen LogP contribution in [0.1, 0.15) is 41.9 Å². The Morgan fingerprint density at radius 3 is 2.82 bits per heavy atom. The number of nitrogens with zero attached hydrogens (tertiary/aromatic N) is 1. The lowest BCUT2D eigenvalue weighted by Crippen LogP contribution is -2.32.